The van der Waals surface area contributed by atoms with E-state index < -0.39 is 6.03 Å². The van der Waals surface area contributed by atoms with Crippen molar-refractivity contribution in [1.29, 1.82) is 0 Å². The standard InChI is InChI=1S/C14H20N4O2S/c15-10-6-7-13(16-8-10)21-9-12(19)18-14(20)17-11-4-2-1-3-5-11/h6-8,11H,1-5,9,15H2,(H2,17,18,19,20). The topological polar surface area (TPSA) is 97.1 Å². The van der Waals surface area contributed by atoms with Gasteiger partial charge in [0.1, 0.15) is 0 Å². The van der Waals surface area contributed by atoms with Gasteiger partial charge in [-0.05, 0) is 25.0 Å². The number of nitrogens with two attached hydrogens (primary N) is 1. The number of imide groups is 1. The van der Waals surface area contributed by atoms with Crippen molar-refractivity contribution in [2.75, 3.05) is 11.5 Å². The van der Waals surface area contributed by atoms with Gasteiger partial charge in [-0.15, -0.1) is 0 Å². The van der Waals surface area contributed by atoms with Crippen molar-refractivity contribution in [1.82, 2.24) is 15.6 Å². The van der Waals surface area contributed by atoms with E-state index in [1.54, 1.807) is 12.1 Å². The van der Waals surface area contributed by atoms with Gasteiger partial charge >= 0.3 is 6.03 Å². The Hall–Kier alpha value is -1.76. The molecule has 0 unspecified atom stereocenters. The molecule has 0 saturated heterocycles. The number of rotatable bonds is 4. The van der Waals surface area contributed by atoms with Crippen molar-refractivity contribution in [3.8, 4) is 0 Å². The average Bonchev–Trinajstić information content (AvgIpc) is 2.47. The number of nitrogens with one attached hydrogen (secondary N) is 2. The molecule has 1 aliphatic carbocycles. The summed E-state index contributed by atoms with van der Waals surface area (Å²) >= 11 is 1.27. The average molecular weight is 308 g/mol. The zero-order valence-corrected chi connectivity index (χ0v) is 12.6. The Bertz CT molecular complexity index is 486. The zero-order chi connectivity index (χ0) is 15.1. The summed E-state index contributed by atoms with van der Waals surface area (Å²) in [4.78, 5) is 27.5. The largest absolute Gasteiger partial charge is 0.397 e. The predicted octanol–water partition coefficient (Wildman–Crippen LogP) is 1.91. The highest BCUT2D eigenvalue weighted by molar-refractivity contribution is 7.99. The minimum atomic E-state index is -0.405. The van der Waals surface area contributed by atoms with Crippen LogP contribution >= 0.6 is 11.8 Å². The van der Waals surface area contributed by atoms with Gasteiger partial charge in [0.05, 0.1) is 22.7 Å². The molecule has 1 heterocycles. The first-order chi connectivity index (χ1) is 10.1. The molecule has 4 N–H and O–H groups in total. The third kappa shape index (κ3) is 5.63. The number of nitrogens with zero attached hydrogens (tertiary/aromatic N) is 1. The zero-order valence-electron chi connectivity index (χ0n) is 11.8. The maximum Gasteiger partial charge on any atom is 0.321 e. The monoisotopic (exact) mass is 308 g/mol. The highest BCUT2D eigenvalue weighted by atomic mass is 32.2. The smallest absolute Gasteiger partial charge is 0.321 e. The summed E-state index contributed by atoms with van der Waals surface area (Å²) in [6, 6.07) is 3.26. The number of carbonyl (C=O) groups is 2. The summed E-state index contributed by atoms with van der Waals surface area (Å²) in [7, 11) is 0. The Labute approximate surface area is 128 Å². The van der Waals surface area contributed by atoms with E-state index in [2.05, 4.69) is 15.6 Å². The molecule has 1 aromatic rings. The summed E-state index contributed by atoms with van der Waals surface area (Å²) in [6.07, 6.45) is 7.02. The first-order valence-corrected chi connectivity index (χ1v) is 8.07. The van der Waals surface area contributed by atoms with Crippen LogP contribution in [0.3, 0.4) is 0 Å². The van der Waals surface area contributed by atoms with Gasteiger partial charge in [0.25, 0.3) is 0 Å². The molecular formula is C14H20N4O2S. The van der Waals surface area contributed by atoms with Gasteiger partial charge in [0, 0.05) is 6.04 Å². The second kappa shape index (κ2) is 7.87. The quantitative estimate of drug-likeness (QED) is 0.738. The Kier molecular flexibility index (Phi) is 5.86. The number of thioether (sulfide) groups is 1. The summed E-state index contributed by atoms with van der Waals surface area (Å²) in [5, 5.41) is 5.89. The molecule has 0 spiro atoms. The van der Waals surface area contributed by atoms with Crippen molar-refractivity contribution >= 4 is 29.4 Å². The van der Waals surface area contributed by atoms with Crippen LogP contribution in [0.5, 0.6) is 0 Å². The van der Waals surface area contributed by atoms with Crippen molar-refractivity contribution in [2.24, 2.45) is 0 Å². The van der Waals surface area contributed by atoms with Gasteiger partial charge < -0.3 is 11.1 Å². The third-order valence-electron chi connectivity index (χ3n) is 3.30. The van der Waals surface area contributed by atoms with E-state index >= 15 is 0 Å². The van der Waals surface area contributed by atoms with Crippen LogP contribution < -0.4 is 16.4 Å². The minimum absolute atomic E-state index is 0.148. The molecule has 0 atom stereocenters. The molecule has 2 rings (SSSR count). The van der Waals surface area contributed by atoms with E-state index in [1.165, 1.54) is 24.4 Å². The molecule has 1 aromatic heterocycles. The lowest BCUT2D eigenvalue weighted by Gasteiger charge is -2.22. The fraction of sp³-hybridized carbons (Fsp3) is 0.500. The van der Waals surface area contributed by atoms with Crippen molar-refractivity contribution < 1.29 is 9.59 Å². The molecule has 1 saturated carbocycles. The number of pyridine rings is 1. The van der Waals surface area contributed by atoms with E-state index in [9.17, 15) is 9.59 Å². The number of anilines is 1. The lowest BCUT2D eigenvalue weighted by Crippen LogP contribution is -2.45. The minimum Gasteiger partial charge on any atom is -0.397 e. The molecule has 21 heavy (non-hydrogen) atoms. The lowest BCUT2D eigenvalue weighted by molar-refractivity contribution is -0.117. The number of hydrogen-bond acceptors (Lipinski definition) is 5. The first kappa shape index (κ1) is 15.6. The van der Waals surface area contributed by atoms with Gasteiger partial charge in [-0.25, -0.2) is 9.78 Å². The van der Waals surface area contributed by atoms with E-state index in [4.69, 9.17) is 5.73 Å². The highest BCUT2D eigenvalue weighted by Crippen LogP contribution is 2.17. The molecule has 0 bridgehead atoms. The number of amides is 3. The van der Waals surface area contributed by atoms with Crippen LogP contribution in [0, 0.1) is 0 Å². The maximum atomic E-state index is 11.7. The molecule has 1 aliphatic rings. The van der Waals surface area contributed by atoms with Gasteiger partial charge in [-0.3, -0.25) is 10.1 Å². The number of aromatic nitrogens is 1. The van der Waals surface area contributed by atoms with E-state index in [0.717, 1.165) is 25.7 Å². The second-order valence-electron chi connectivity index (χ2n) is 5.08. The molecule has 114 valence electrons. The van der Waals surface area contributed by atoms with Gasteiger partial charge in [-0.2, -0.15) is 0 Å². The van der Waals surface area contributed by atoms with Crippen LogP contribution in [0.1, 0.15) is 32.1 Å². The molecule has 3 amide bonds. The molecule has 1 fully saturated rings. The van der Waals surface area contributed by atoms with Crippen LogP contribution in [-0.4, -0.2) is 28.7 Å². The van der Waals surface area contributed by atoms with Crippen molar-refractivity contribution in [2.45, 2.75) is 43.2 Å². The second-order valence-corrected chi connectivity index (χ2v) is 6.07. The molecule has 0 radical (unpaired) electrons. The summed E-state index contributed by atoms with van der Waals surface area (Å²) in [5.41, 5.74) is 6.11. The normalized spacial score (nSPS) is 15.4. The van der Waals surface area contributed by atoms with Crippen molar-refractivity contribution in [3.63, 3.8) is 0 Å². The van der Waals surface area contributed by atoms with E-state index in [-0.39, 0.29) is 17.7 Å². The van der Waals surface area contributed by atoms with Crippen LogP contribution in [0.25, 0.3) is 0 Å². The Morgan fingerprint density at radius 2 is 2.05 bits per heavy atom. The Balaban J connectivity index is 1.68. The fourth-order valence-electron chi connectivity index (χ4n) is 2.25. The highest BCUT2D eigenvalue weighted by Gasteiger charge is 2.16. The van der Waals surface area contributed by atoms with Crippen LogP contribution in [0.2, 0.25) is 0 Å². The maximum absolute atomic E-state index is 11.7. The first-order valence-electron chi connectivity index (χ1n) is 7.08. The molecule has 6 nitrogen and oxygen atoms in total. The molecule has 0 aromatic carbocycles. The fourth-order valence-corrected chi connectivity index (χ4v) is 2.89. The number of hydrogen-bond donors (Lipinski definition) is 3. The van der Waals surface area contributed by atoms with Crippen LogP contribution in [0.15, 0.2) is 23.4 Å². The molecule has 7 heteroatoms. The summed E-state index contributed by atoms with van der Waals surface area (Å²) < 4.78 is 0. The number of urea groups is 1. The molecular weight excluding hydrogens is 288 g/mol. The lowest BCUT2D eigenvalue weighted by atomic mass is 9.96. The van der Waals surface area contributed by atoms with Gasteiger partial charge in [0.2, 0.25) is 5.91 Å². The van der Waals surface area contributed by atoms with Crippen molar-refractivity contribution in [3.05, 3.63) is 18.3 Å². The summed E-state index contributed by atoms with van der Waals surface area (Å²) in [6.45, 7) is 0. The van der Waals surface area contributed by atoms with Crippen LogP contribution in [-0.2, 0) is 4.79 Å². The number of carbonyl (C=O) groups excluding carboxylic acids is 2. The SMILES string of the molecule is Nc1ccc(SCC(=O)NC(=O)NC2CCCCC2)nc1. The predicted molar refractivity (Wildman–Crippen MR) is 82.9 cm³/mol. The molecule has 0 aliphatic heterocycles. The Morgan fingerprint density at radius 3 is 2.71 bits per heavy atom. The van der Waals surface area contributed by atoms with E-state index in [0.29, 0.717) is 10.7 Å². The third-order valence-corrected chi connectivity index (χ3v) is 4.25. The van der Waals surface area contributed by atoms with Crippen LogP contribution in [0.4, 0.5) is 10.5 Å². The van der Waals surface area contributed by atoms with Gasteiger partial charge in [0.15, 0.2) is 0 Å². The van der Waals surface area contributed by atoms with Gasteiger partial charge in [-0.1, -0.05) is 31.0 Å². The van der Waals surface area contributed by atoms with E-state index in [1.807, 2.05) is 0 Å². The summed E-state index contributed by atoms with van der Waals surface area (Å²) in [5.74, 6) is -0.179. The number of nitrogen functional groups attached to an aromatic ring is 1. The Morgan fingerprint density at radius 1 is 1.29 bits per heavy atom.